The smallest absolute Gasteiger partial charge is 0.254 e. The van der Waals surface area contributed by atoms with E-state index in [0.717, 1.165) is 31.4 Å². The zero-order valence-corrected chi connectivity index (χ0v) is 13.5. The summed E-state index contributed by atoms with van der Waals surface area (Å²) in [4.78, 5) is 15.1. The molecule has 2 aliphatic rings. The molecule has 1 amide bonds. The molecule has 2 aromatic carbocycles. The number of likely N-dealkylation sites (tertiary alicyclic amines) is 1. The van der Waals surface area contributed by atoms with Crippen molar-refractivity contribution >= 4 is 5.91 Å². The van der Waals surface area contributed by atoms with E-state index in [0.29, 0.717) is 0 Å². The molecule has 1 aliphatic carbocycles. The number of nitrogens with zero attached hydrogens (tertiary/aromatic N) is 1. The summed E-state index contributed by atoms with van der Waals surface area (Å²) < 4.78 is 0. The van der Waals surface area contributed by atoms with Crippen LogP contribution in [0.1, 0.15) is 58.8 Å². The van der Waals surface area contributed by atoms with Crippen LogP contribution in [0.4, 0.5) is 0 Å². The predicted molar refractivity (Wildman–Crippen MR) is 92.5 cm³/mol. The Morgan fingerprint density at radius 3 is 2.52 bits per heavy atom. The summed E-state index contributed by atoms with van der Waals surface area (Å²) in [5, 5.41) is 0. The number of amides is 1. The minimum atomic E-state index is 0.199. The Bertz CT molecular complexity index is 707. The summed E-state index contributed by atoms with van der Waals surface area (Å²) in [5.74, 6) is 0.199. The van der Waals surface area contributed by atoms with Gasteiger partial charge in [-0.05, 0) is 67.3 Å². The van der Waals surface area contributed by atoms with Crippen molar-refractivity contribution in [3.8, 4) is 0 Å². The van der Waals surface area contributed by atoms with E-state index < -0.39 is 0 Å². The lowest BCUT2D eigenvalue weighted by atomic mass is 9.90. The van der Waals surface area contributed by atoms with Crippen LogP contribution >= 0.6 is 0 Å². The van der Waals surface area contributed by atoms with E-state index in [2.05, 4.69) is 41.3 Å². The van der Waals surface area contributed by atoms with Crippen LogP contribution in [0.2, 0.25) is 0 Å². The second kappa shape index (κ2) is 6.19. The number of benzene rings is 2. The van der Waals surface area contributed by atoms with Crippen molar-refractivity contribution in [2.75, 3.05) is 6.54 Å². The van der Waals surface area contributed by atoms with Gasteiger partial charge in [-0.15, -0.1) is 0 Å². The maximum atomic E-state index is 13.0. The average molecular weight is 305 g/mol. The number of rotatable bonds is 2. The topological polar surface area (TPSA) is 20.3 Å². The van der Waals surface area contributed by atoms with Crippen molar-refractivity contribution in [2.45, 2.75) is 44.6 Å². The Morgan fingerprint density at radius 1 is 0.913 bits per heavy atom. The standard InChI is InChI=1S/C21H23NO/c23-21(19-13-12-16-7-4-5-10-18(16)15-19)22-14-6-11-20(22)17-8-2-1-3-9-17/h1-3,8-9,12-13,15,20H,4-7,10-11,14H2/t20-/m0/s1. The van der Waals surface area contributed by atoms with Gasteiger partial charge in [0, 0.05) is 12.1 Å². The Hall–Kier alpha value is -2.09. The van der Waals surface area contributed by atoms with Gasteiger partial charge in [0.1, 0.15) is 0 Å². The predicted octanol–water partition coefficient (Wildman–Crippen LogP) is 4.54. The number of hydrogen-bond acceptors (Lipinski definition) is 1. The van der Waals surface area contributed by atoms with Gasteiger partial charge in [-0.1, -0.05) is 36.4 Å². The third-order valence-corrected chi connectivity index (χ3v) is 5.29. The van der Waals surface area contributed by atoms with Gasteiger partial charge < -0.3 is 4.90 Å². The van der Waals surface area contributed by atoms with E-state index in [-0.39, 0.29) is 11.9 Å². The maximum Gasteiger partial charge on any atom is 0.254 e. The Balaban J connectivity index is 1.61. The van der Waals surface area contributed by atoms with Crippen LogP contribution in [0.5, 0.6) is 0 Å². The molecule has 2 aromatic rings. The summed E-state index contributed by atoms with van der Waals surface area (Å²) in [7, 11) is 0. The highest BCUT2D eigenvalue weighted by atomic mass is 16.2. The molecule has 0 saturated carbocycles. The molecule has 0 radical (unpaired) electrons. The van der Waals surface area contributed by atoms with E-state index in [9.17, 15) is 4.79 Å². The minimum absolute atomic E-state index is 0.199. The summed E-state index contributed by atoms with van der Waals surface area (Å²) in [6.07, 6.45) is 6.99. The molecule has 23 heavy (non-hydrogen) atoms. The van der Waals surface area contributed by atoms with Crippen molar-refractivity contribution < 1.29 is 4.79 Å². The molecule has 1 fully saturated rings. The molecule has 0 N–H and O–H groups in total. The molecule has 2 nitrogen and oxygen atoms in total. The average Bonchev–Trinajstić information content (AvgIpc) is 3.11. The van der Waals surface area contributed by atoms with E-state index >= 15 is 0 Å². The van der Waals surface area contributed by atoms with Crippen molar-refractivity contribution in [3.63, 3.8) is 0 Å². The second-order valence-electron chi connectivity index (χ2n) is 6.76. The number of carbonyl (C=O) groups is 1. The van der Waals surface area contributed by atoms with E-state index in [1.165, 1.54) is 36.0 Å². The first-order valence-corrected chi connectivity index (χ1v) is 8.80. The monoisotopic (exact) mass is 305 g/mol. The number of fused-ring (bicyclic) bond motifs is 1. The lowest BCUT2D eigenvalue weighted by Crippen LogP contribution is -2.30. The second-order valence-corrected chi connectivity index (χ2v) is 6.76. The highest BCUT2D eigenvalue weighted by Crippen LogP contribution is 2.33. The third-order valence-electron chi connectivity index (χ3n) is 5.29. The van der Waals surface area contributed by atoms with Gasteiger partial charge in [0.2, 0.25) is 0 Å². The lowest BCUT2D eigenvalue weighted by Gasteiger charge is -2.26. The molecule has 1 atom stereocenters. The van der Waals surface area contributed by atoms with Gasteiger partial charge in [-0.25, -0.2) is 0 Å². The Labute approximate surface area is 138 Å². The molecule has 1 heterocycles. The van der Waals surface area contributed by atoms with Gasteiger partial charge >= 0.3 is 0 Å². The molecule has 118 valence electrons. The number of carbonyl (C=O) groups excluding carboxylic acids is 1. The zero-order valence-electron chi connectivity index (χ0n) is 13.5. The van der Waals surface area contributed by atoms with Gasteiger partial charge in [0.25, 0.3) is 5.91 Å². The first-order valence-electron chi connectivity index (χ1n) is 8.80. The summed E-state index contributed by atoms with van der Waals surface area (Å²) in [5.41, 5.74) is 4.95. The largest absolute Gasteiger partial charge is 0.332 e. The van der Waals surface area contributed by atoms with Crippen LogP contribution in [0, 0.1) is 0 Å². The van der Waals surface area contributed by atoms with Crippen molar-refractivity contribution in [2.24, 2.45) is 0 Å². The molecule has 0 aromatic heterocycles. The first-order chi connectivity index (χ1) is 11.3. The van der Waals surface area contributed by atoms with E-state index in [1.54, 1.807) is 0 Å². The molecular formula is C21H23NO. The summed E-state index contributed by atoms with van der Waals surface area (Å²) in [6, 6.07) is 17.0. The van der Waals surface area contributed by atoms with Gasteiger partial charge in [-0.2, -0.15) is 0 Å². The molecule has 0 bridgehead atoms. The lowest BCUT2D eigenvalue weighted by molar-refractivity contribution is 0.0735. The molecule has 4 rings (SSSR count). The summed E-state index contributed by atoms with van der Waals surface area (Å²) >= 11 is 0. The van der Waals surface area contributed by atoms with Crippen LogP contribution < -0.4 is 0 Å². The quantitative estimate of drug-likeness (QED) is 0.797. The normalized spacial score (nSPS) is 20.3. The molecule has 2 heteroatoms. The summed E-state index contributed by atoms with van der Waals surface area (Å²) in [6.45, 7) is 0.871. The SMILES string of the molecule is O=C(c1ccc2c(c1)CCCC2)N1CCC[C@H]1c1ccccc1. The molecule has 1 saturated heterocycles. The van der Waals surface area contributed by atoms with Crippen LogP contribution in [0.25, 0.3) is 0 Å². The van der Waals surface area contributed by atoms with E-state index in [4.69, 9.17) is 0 Å². The van der Waals surface area contributed by atoms with Crippen LogP contribution in [0.15, 0.2) is 48.5 Å². The van der Waals surface area contributed by atoms with Crippen LogP contribution in [-0.2, 0) is 12.8 Å². The molecular weight excluding hydrogens is 282 g/mol. The fourth-order valence-corrected chi connectivity index (χ4v) is 4.06. The number of hydrogen-bond donors (Lipinski definition) is 0. The van der Waals surface area contributed by atoms with Crippen molar-refractivity contribution in [1.29, 1.82) is 0 Å². The first kappa shape index (κ1) is 14.5. The molecule has 1 aliphatic heterocycles. The minimum Gasteiger partial charge on any atom is -0.332 e. The Morgan fingerprint density at radius 2 is 1.70 bits per heavy atom. The van der Waals surface area contributed by atoms with Crippen molar-refractivity contribution in [1.82, 2.24) is 4.90 Å². The third kappa shape index (κ3) is 2.78. The fraction of sp³-hybridized carbons (Fsp3) is 0.381. The highest BCUT2D eigenvalue weighted by Gasteiger charge is 2.30. The molecule has 0 unspecified atom stereocenters. The van der Waals surface area contributed by atoms with Gasteiger partial charge in [0.15, 0.2) is 0 Å². The fourth-order valence-electron chi connectivity index (χ4n) is 4.06. The number of aryl methyl sites for hydroxylation is 2. The van der Waals surface area contributed by atoms with Gasteiger partial charge in [-0.3, -0.25) is 4.79 Å². The van der Waals surface area contributed by atoms with Crippen molar-refractivity contribution in [3.05, 3.63) is 70.8 Å². The van der Waals surface area contributed by atoms with E-state index in [1.807, 2.05) is 12.1 Å². The van der Waals surface area contributed by atoms with Crippen LogP contribution in [0.3, 0.4) is 0 Å². The molecule has 0 spiro atoms. The highest BCUT2D eigenvalue weighted by molar-refractivity contribution is 5.95. The maximum absolute atomic E-state index is 13.0. The van der Waals surface area contributed by atoms with Gasteiger partial charge in [0.05, 0.1) is 6.04 Å². The van der Waals surface area contributed by atoms with Crippen LogP contribution in [-0.4, -0.2) is 17.4 Å². The zero-order chi connectivity index (χ0) is 15.6. The Kier molecular flexibility index (Phi) is 3.90.